The highest BCUT2D eigenvalue weighted by Crippen LogP contribution is 2.23. The number of nitrogens with one attached hydrogen (secondary N) is 1. The van der Waals surface area contributed by atoms with Crippen molar-refractivity contribution in [1.29, 1.82) is 0 Å². The standard InChI is InChI=1S/C18H13ClFN5/c19-16-4-2-1-3-12(16)9-21-17-15-10-24-25(18(15)23-11-22-17)14-7-5-13(20)6-8-14/h1-8,10-11H,9H2,(H,21,22,23). The predicted molar refractivity (Wildman–Crippen MR) is 95.4 cm³/mol. The Hall–Kier alpha value is -2.99. The fraction of sp³-hybridized carbons (Fsp3) is 0.0556. The Morgan fingerprint density at radius 2 is 1.84 bits per heavy atom. The second-order valence-corrected chi connectivity index (χ2v) is 5.84. The smallest absolute Gasteiger partial charge is 0.168 e. The van der Waals surface area contributed by atoms with E-state index in [1.54, 1.807) is 23.0 Å². The molecule has 1 N–H and O–H groups in total. The number of fused-ring (bicyclic) bond motifs is 1. The number of nitrogens with zero attached hydrogens (tertiary/aromatic N) is 4. The van der Waals surface area contributed by atoms with Gasteiger partial charge in [0.15, 0.2) is 5.65 Å². The lowest BCUT2D eigenvalue weighted by Crippen LogP contribution is -2.03. The molecule has 4 aromatic rings. The first-order valence-corrected chi connectivity index (χ1v) is 8.02. The highest BCUT2D eigenvalue weighted by Gasteiger charge is 2.11. The molecule has 0 bridgehead atoms. The van der Waals surface area contributed by atoms with Crippen LogP contribution in [0.4, 0.5) is 10.2 Å². The van der Waals surface area contributed by atoms with Gasteiger partial charge in [-0.25, -0.2) is 19.0 Å². The molecule has 7 heteroatoms. The van der Waals surface area contributed by atoms with E-state index >= 15 is 0 Å². The quantitative estimate of drug-likeness (QED) is 0.597. The Morgan fingerprint density at radius 3 is 2.64 bits per heavy atom. The third kappa shape index (κ3) is 3.04. The molecule has 0 aliphatic carbocycles. The Bertz CT molecular complexity index is 1030. The zero-order chi connectivity index (χ0) is 17.2. The monoisotopic (exact) mass is 353 g/mol. The second-order valence-electron chi connectivity index (χ2n) is 5.44. The molecule has 0 atom stereocenters. The molecule has 0 fully saturated rings. The number of aromatic nitrogens is 4. The summed E-state index contributed by atoms with van der Waals surface area (Å²) < 4.78 is 14.8. The first kappa shape index (κ1) is 15.5. The fourth-order valence-electron chi connectivity index (χ4n) is 2.58. The Morgan fingerprint density at radius 1 is 1.04 bits per heavy atom. The Kier molecular flexibility index (Phi) is 4.03. The van der Waals surface area contributed by atoms with Crippen LogP contribution in [0, 0.1) is 5.82 Å². The average molecular weight is 354 g/mol. The summed E-state index contributed by atoms with van der Waals surface area (Å²) in [5, 5.41) is 9.10. The maximum Gasteiger partial charge on any atom is 0.168 e. The lowest BCUT2D eigenvalue weighted by atomic mass is 10.2. The summed E-state index contributed by atoms with van der Waals surface area (Å²) in [7, 11) is 0. The molecular weight excluding hydrogens is 341 g/mol. The summed E-state index contributed by atoms with van der Waals surface area (Å²) in [6.45, 7) is 0.535. The number of hydrogen-bond acceptors (Lipinski definition) is 4. The second kappa shape index (κ2) is 6.49. The summed E-state index contributed by atoms with van der Waals surface area (Å²) in [5.41, 5.74) is 2.34. The van der Waals surface area contributed by atoms with Crippen molar-refractivity contribution >= 4 is 28.5 Å². The number of rotatable bonds is 4. The summed E-state index contributed by atoms with van der Waals surface area (Å²) >= 11 is 6.19. The van der Waals surface area contributed by atoms with Crippen LogP contribution in [0.2, 0.25) is 5.02 Å². The van der Waals surface area contributed by atoms with E-state index in [1.165, 1.54) is 18.5 Å². The highest BCUT2D eigenvalue weighted by molar-refractivity contribution is 6.31. The van der Waals surface area contributed by atoms with Crippen LogP contribution in [0.5, 0.6) is 0 Å². The lowest BCUT2D eigenvalue weighted by molar-refractivity contribution is 0.627. The van der Waals surface area contributed by atoms with E-state index in [4.69, 9.17) is 11.6 Å². The van der Waals surface area contributed by atoms with Crippen LogP contribution in [-0.4, -0.2) is 19.7 Å². The summed E-state index contributed by atoms with van der Waals surface area (Å²) in [6.07, 6.45) is 3.16. The predicted octanol–water partition coefficient (Wildman–Crippen LogP) is 4.22. The summed E-state index contributed by atoms with van der Waals surface area (Å²) in [4.78, 5) is 8.60. The molecule has 4 rings (SSSR count). The maximum atomic E-state index is 13.1. The molecule has 0 radical (unpaired) electrons. The van der Waals surface area contributed by atoms with Crippen molar-refractivity contribution in [2.75, 3.05) is 5.32 Å². The van der Waals surface area contributed by atoms with Crippen molar-refractivity contribution in [3.63, 3.8) is 0 Å². The molecule has 0 aliphatic rings. The van der Waals surface area contributed by atoms with Crippen molar-refractivity contribution < 1.29 is 4.39 Å². The average Bonchev–Trinajstić information content (AvgIpc) is 3.06. The van der Waals surface area contributed by atoms with Crippen molar-refractivity contribution in [2.45, 2.75) is 6.54 Å². The van der Waals surface area contributed by atoms with Crippen LogP contribution >= 0.6 is 11.6 Å². The number of hydrogen-bond donors (Lipinski definition) is 1. The minimum atomic E-state index is -0.295. The van der Waals surface area contributed by atoms with Crippen LogP contribution in [0.1, 0.15) is 5.56 Å². The van der Waals surface area contributed by atoms with Crippen molar-refractivity contribution in [1.82, 2.24) is 19.7 Å². The Balaban J connectivity index is 1.67. The van der Waals surface area contributed by atoms with Gasteiger partial charge in [-0.05, 0) is 35.9 Å². The third-order valence-corrected chi connectivity index (χ3v) is 4.21. The van der Waals surface area contributed by atoms with E-state index in [0.717, 1.165) is 16.6 Å². The minimum absolute atomic E-state index is 0.295. The molecule has 5 nitrogen and oxygen atoms in total. The molecule has 0 spiro atoms. The van der Waals surface area contributed by atoms with Crippen molar-refractivity contribution in [2.24, 2.45) is 0 Å². The van der Waals surface area contributed by atoms with Gasteiger partial charge in [0.2, 0.25) is 0 Å². The van der Waals surface area contributed by atoms with E-state index < -0.39 is 0 Å². The van der Waals surface area contributed by atoms with E-state index in [9.17, 15) is 4.39 Å². The summed E-state index contributed by atoms with van der Waals surface area (Å²) in [6, 6.07) is 13.7. The Labute approximate surface area is 148 Å². The largest absolute Gasteiger partial charge is 0.365 e. The van der Waals surface area contributed by atoms with Crippen LogP contribution in [0.25, 0.3) is 16.7 Å². The molecular formula is C18H13ClFN5. The van der Waals surface area contributed by atoms with Crippen molar-refractivity contribution in [3.8, 4) is 5.69 Å². The van der Waals surface area contributed by atoms with Gasteiger partial charge in [0.25, 0.3) is 0 Å². The van der Waals surface area contributed by atoms with Crippen molar-refractivity contribution in [3.05, 3.63) is 77.5 Å². The summed E-state index contributed by atoms with van der Waals surface area (Å²) in [5.74, 6) is 0.371. The van der Waals surface area contributed by atoms with Crippen LogP contribution in [-0.2, 0) is 6.54 Å². The zero-order valence-electron chi connectivity index (χ0n) is 13.0. The number of halogens is 2. The number of benzene rings is 2. The van der Waals surface area contributed by atoms with Crippen LogP contribution in [0.3, 0.4) is 0 Å². The molecule has 124 valence electrons. The molecule has 2 aromatic heterocycles. The van der Waals surface area contributed by atoms with Gasteiger partial charge < -0.3 is 5.32 Å². The number of anilines is 1. The van der Waals surface area contributed by atoms with Gasteiger partial charge in [0.05, 0.1) is 17.3 Å². The molecule has 2 aromatic carbocycles. The lowest BCUT2D eigenvalue weighted by Gasteiger charge is -2.08. The van der Waals surface area contributed by atoms with Crippen LogP contribution in [0.15, 0.2) is 61.1 Å². The maximum absolute atomic E-state index is 13.1. The topological polar surface area (TPSA) is 55.6 Å². The minimum Gasteiger partial charge on any atom is -0.365 e. The van der Waals surface area contributed by atoms with Gasteiger partial charge in [-0.2, -0.15) is 5.10 Å². The first-order chi connectivity index (χ1) is 12.2. The van der Waals surface area contributed by atoms with Gasteiger partial charge in [0, 0.05) is 11.6 Å². The van der Waals surface area contributed by atoms with Gasteiger partial charge in [-0.1, -0.05) is 29.8 Å². The molecule has 25 heavy (non-hydrogen) atoms. The molecule has 2 heterocycles. The fourth-order valence-corrected chi connectivity index (χ4v) is 2.78. The van der Waals surface area contributed by atoms with Gasteiger partial charge in [-0.3, -0.25) is 0 Å². The van der Waals surface area contributed by atoms with Gasteiger partial charge >= 0.3 is 0 Å². The van der Waals surface area contributed by atoms with Crippen LogP contribution < -0.4 is 5.32 Å². The first-order valence-electron chi connectivity index (χ1n) is 7.64. The zero-order valence-corrected chi connectivity index (χ0v) is 13.8. The molecule has 0 aliphatic heterocycles. The van der Waals surface area contributed by atoms with E-state index in [2.05, 4.69) is 20.4 Å². The van der Waals surface area contributed by atoms with E-state index in [-0.39, 0.29) is 5.82 Å². The van der Waals surface area contributed by atoms with E-state index in [0.29, 0.717) is 23.0 Å². The normalized spacial score (nSPS) is 11.0. The molecule has 0 saturated carbocycles. The third-order valence-electron chi connectivity index (χ3n) is 3.84. The van der Waals surface area contributed by atoms with Gasteiger partial charge in [0.1, 0.15) is 18.0 Å². The molecule has 0 amide bonds. The SMILES string of the molecule is Fc1ccc(-n2ncc3c(NCc4ccccc4Cl)ncnc32)cc1. The molecule has 0 unspecified atom stereocenters. The van der Waals surface area contributed by atoms with Gasteiger partial charge in [-0.15, -0.1) is 0 Å². The highest BCUT2D eigenvalue weighted by atomic mass is 35.5. The van der Waals surface area contributed by atoms with E-state index in [1.807, 2.05) is 24.3 Å². The molecule has 0 saturated heterocycles.